The van der Waals surface area contributed by atoms with Crippen molar-refractivity contribution in [2.24, 2.45) is 5.92 Å². The van der Waals surface area contributed by atoms with Crippen LogP contribution in [0, 0.1) is 5.92 Å². The molecule has 108 valence electrons. The zero-order valence-corrected chi connectivity index (χ0v) is 12.7. The van der Waals surface area contributed by atoms with Gasteiger partial charge in [0.15, 0.2) is 5.06 Å². The van der Waals surface area contributed by atoms with Gasteiger partial charge in [0.2, 0.25) is 0 Å². The second kappa shape index (κ2) is 7.43. The number of benzene rings is 1. The van der Waals surface area contributed by atoms with Crippen LogP contribution in [0.25, 0.3) is 0 Å². The predicted molar refractivity (Wildman–Crippen MR) is 83.3 cm³/mol. The van der Waals surface area contributed by atoms with Gasteiger partial charge in [0, 0.05) is 12.5 Å². The molecule has 2 unspecified atom stereocenters. The number of aliphatic hydroxyl groups is 1. The first-order valence-electron chi connectivity index (χ1n) is 6.71. The van der Waals surface area contributed by atoms with Crippen molar-refractivity contribution in [3.63, 3.8) is 0 Å². The van der Waals surface area contributed by atoms with E-state index in [9.17, 15) is 5.11 Å². The molecule has 0 fully saturated rings. The van der Waals surface area contributed by atoms with Gasteiger partial charge in [-0.05, 0) is 37.2 Å². The molecule has 0 bridgehead atoms. The topological polar surface area (TPSA) is 32.7 Å². The maximum Gasteiger partial charge on any atom is 0.173 e. The van der Waals surface area contributed by atoms with Crippen molar-refractivity contribution in [2.75, 3.05) is 27.2 Å². The van der Waals surface area contributed by atoms with Gasteiger partial charge in [-0.3, -0.25) is 0 Å². The van der Waals surface area contributed by atoms with E-state index in [0.29, 0.717) is 6.61 Å². The van der Waals surface area contributed by atoms with E-state index in [1.165, 1.54) is 0 Å². The Bertz CT molecular complexity index is 484. The Morgan fingerprint density at radius 3 is 2.50 bits per heavy atom. The molecule has 0 radical (unpaired) electrons. The zero-order valence-electron chi connectivity index (χ0n) is 11.9. The number of thiophene rings is 1. The second-order valence-electron chi connectivity index (χ2n) is 5.12. The Balaban J connectivity index is 2.02. The lowest BCUT2D eigenvalue weighted by atomic mass is 9.96. The average molecular weight is 291 g/mol. The van der Waals surface area contributed by atoms with Crippen molar-refractivity contribution in [1.82, 2.24) is 4.90 Å². The summed E-state index contributed by atoms with van der Waals surface area (Å²) in [4.78, 5) is 2.08. The summed E-state index contributed by atoms with van der Waals surface area (Å²) < 4.78 is 5.78. The van der Waals surface area contributed by atoms with Gasteiger partial charge >= 0.3 is 0 Å². The summed E-state index contributed by atoms with van der Waals surface area (Å²) in [6, 6.07) is 13.7. The minimum Gasteiger partial charge on any atom is -0.484 e. The number of nitrogens with zero attached hydrogens (tertiary/aromatic N) is 1. The summed E-state index contributed by atoms with van der Waals surface area (Å²) in [6.45, 7) is 1.29. The number of aliphatic hydroxyl groups excluding tert-OH is 1. The highest BCUT2D eigenvalue weighted by Crippen LogP contribution is 2.25. The Morgan fingerprint density at radius 2 is 1.90 bits per heavy atom. The van der Waals surface area contributed by atoms with E-state index in [1.807, 2.05) is 61.9 Å². The maximum atomic E-state index is 10.6. The molecular weight excluding hydrogens is 270 g/mol. The van der Waals surface area contributed by atoms with Gasteiger partial charge in [0.1, 0.15) is 0 Å². The Kier molecular flexibility index (Phi) is 5.59. The summed E-state index contributed by atoms with van der Waals surface area (Å²) in [6.07, 6.45) is -0.515. The number of ether oxygens (including phenoxy) is 1. The van der Waals surface area contributed by atoms with Crippen LogP contribution >= 0.6 is 11.3 Å². The number of rotatable bonds is 7. The molecule has 0 aliphatic carbocycles. The Labute approximate surface area is 124 Å². The van der Waals surface area contributed by atoms with Crippen LogP contribution < -0.4 is 4.74 Å². The van der Waals surface area contributed by atoms with E-state index >= 15 is 0 Å². The van der Waals surface area contributed by atoms with Crippen LogP contribution in [0.1, 0.15) is 11.7 Å². The lowest BCUT2D eigenvalue weighted by Crippen LogP contribution is -2.31. The lowest BCUT2D eigenvalue weighted by Gasteiger charge is -2.26. The molecular formula is C16H21NO2S. The van der Waals surface area contributed by atoms with E-state index in [2.05, 4.69) is 4.90 Å². The molecule has 1 heterocycles. The third-order valence-corrected chi connectivity index (χ3v) is 3.90. The van der Waals surface area contributed by atoms with Crippen molar-refractivity contribution < 1.29 is 9.84 Å². The third kappa shape index (κ3) is 4.34. The van der Waals surface area contributed by atoms with E-state index in [0.717, 1.165) is 17.2 Å². The standard InChI is InChI=1S/C16H21NO2S/c1-17(2)11-14(12-19-15-9-6-10-20-15)16(18)13-7-4-3-5-8-13/h3-10,14,16,18H,11-12H2,1-2H3. The van der Waals surface area contributed by atoms with Crippen molar-refractivity contribution in [3.8, 4) is 5.06 Å². The summed E-state index contributed by atoms with van der Waals surface area (Å²) in [7, 11) is 4.02. The fraction of sp³-hybridized carbons (Fsp3) is 0.375. The molecule has 2 rings (SSSR count). The van der Waals surface area contributed by atoms with Crippen molar-refractivity contribution in [3.05, 3.63) is 53.4 Å². The van der Waals surface area contributed by atoms with Crippen molar-refractivity contribution >= 4 is 11.3 Å². The lowest BCUT2D eigenvalue weighted by molar-refractivity contribution is 0.0594. The molecule has 0 amide bonds. The average Bonchev–Trinajstić information content (AvgIpc) is 2.96. The van der Waals surface area contributed by atoms with Gasteiger partial charge in [0.25, 0.3) is 0 Å². The number of hydrogen-bond donors (Lipinski definition) is 1. The van der Waals surface area contributed by atoms with Gasteiger partial charge in [-0.2, -0.15) is 0 Å². The van der Waals surface area contributed by atoms with Crippen molar-refractivity contribution in [2.45, 2.75) is 6.10 Å². The summed E-state index contributed by atoms with van der Waals surface area (Å²) >= 11 is 1.57. The molecule has 0 aliphatic heterocycles. The fourth-order valence-electron chi connectivity index (χ4n) is 2.17. The van der Waals surface area contributed by atoms with Crippen LogP contribution in [-0.4, -0.2) is 37.3 Å². The first-order valence-corrected chi connectivity index (χ1v) is 7.59. The van der Waals surface area contributed by atoms with E-state index in [-0.39, 0.29) is 5.92 Å². The van der Waals surface area contributed by atoms with Crippen LogP contribution in [0.3, 0.4) is 0 Å². The smallest absolute Gasteiger partial charge is 0.173 e. The van der Waals surface area contributed by atoms with Gasteiger partial charge in [-0.1, -0.05) is 30.3 Å². The molecule has 1 N–H and O–H groups in total. The third-order valence-electron chi connectivity index (χ3n) is 3.12. The monoisotopic (exact) mass is 291 g/mol. The molecule has 3 nitrogen and oxygen atoms in total. The normalized spacial score (nSPS) is 14.2. The zero-order chi connectivity index (χ0) is 14.4. The highest BCUT2D eigenvalue weighted by molar-refractivity contribution is 7.11. The van der Waals surface area contributed by atoms with E-state index < -0.39 is 6.10 Å². The van der Waals surface area contributed by atoms with E-state index in [1.54, 1.807) is 11.3 Å². The molecule has 1 aromatic carbocycles. The molecule has 0 saturated carbocycles. The maximum absolute atomic E-state index is 10.6. The molecule has 0 spiro atoms. The Hall–Kier alpha value is -1.36. The van der Waals surface area contributed by atoms with Gasteiger partial charge in [-0.25, -0.2) is 0 Å². The first-order chi connectivity index (χ1) is 9.66. The second-order valence-corrected chi connectivity index (χ2v) is 6.03. The largest absolute Gasteiger partial charge is 0.484 e. The van der Waals surface area contributed by atoms with Crippen LogP contribution in [0.5, 0.6) is 5.06 Å². The van der Waals surface area contributed by atoms with Gasteiger partial charge in [0.05, 0.1) is 12.7 Å². The highest BCUT2D eigenvalue weighted by atomic mass is 32.1. The van der Waals surface area contributed by atoms with Crippen LogP contribution in [0.2, 0.25) is 0 Å². The van der Waals surface area contributed by atoms with Gasteiger partial charge in [-0.15, -0.1) is 11.3 Å². The van der Waals surface area contributed by atoms with Crippen LogP contribution in [0.15, 0.2) is 47.8 Å². The van der Waals surface area contributed by atoms with Crippen LogP contribution in [0.4, 0.5) is 0 Å². The summed E-state index contributed by atoms with van der Waals surface area (Å²) in [5.41, 5.74) is 0.939. The SMILES string of the molecule is CN(C)CC(COc1cccs1)C(O)c1ccccc1. The molecule has 4 heteroatoms. The molecule has 2 aromatic rings. The Morgan fingerprint density at radius 1 is 1.15 bits per heavy atom. The minimum atomic E-state index is -0.515. The molecule has 20 heavy (non-hydrogen) atoms. The highest BCUT2D eigenvalue weighted by Gasteiger charge is 2.22. The fourth-order valence-corrected chi connectivity index (χ4v) is 2.75. The summed E-state index contributed by atoms with van der Waals surface area (Å²) in [5.74, 6) is 0.0366. The minimum absolute atomic E-state index is 0.0366. The molecule has 0 aliphatic rings. The number of hydrogen-bond acceptors (Lipinski definition) is 4. The molecule has 2 atom stereocenters. The van der Waals surface area contributed by atoms with Crippen LogP contribution in [-0.2, 0) is 0 Å². The summed E-state index contributed by atoms with van der Waals surface area (Å²) in [5, 5.41) is 13.4. The molecule has 1 aromatic heterocycles. The van der Waals surface area contributed by atoms with E-state index in [4.69, 9.17) is 4.74 Å². The van der Waals surface area contributed by atoms with Gasteiger partial charge < -0.3 is 14.7 Å². The quantitative estimate of drug-likeness (QED) is 0.851. The predicted octanol–water partition coefficient (Wildman–Crippen LogP) is 3.04. The first kappa shape index (κ1) is 15.0. The molecule has 0 saturated heterocycles. The van der Waals surface area contributed by atoms with Crippen molar-refractivity contribution in [1.29, 1.82) is 0 Å².